The van der Waals surface area contributed by atoms with Crippen molar-refractivity contribution in [1.82, 2.24) is 0 Å². The highest BCUT2D eigenvalue weighted by Gasteiger charge is 2.38. The lowest BCUT2D eigenvalue weighted by Gasteiger charge is -1.96. The molecule has 0 aromatic carbocycles. The van der Waals surface area contributed by atoms with Crippen molar-refractivity contribution < 1.29 is 23.1 Å². The molecule has 6 heteroatoms. The van der Waals surface area contributed by atoms with E-state index in [-0.39, 0.29) is 0 Å². The lowest BCUT2D eigenvalue weighted by Crippen LogP contribution is -2.21. The van der Waals surface area contributed by atoms with Crippen LogP contribution in [-0.4, -0.2) is 23.8 Å². The first kappa shape index (κ1) is 14.7. The van der Waals surface area contributed by atoms with Crippen LogP contribution in [0.15, 0.2) is 0 Å². The van der Waals surface area contributed by atoms with E-state index in [4.69, 9.17) is 15.6 Å². The molecule has 0 spiro atoms. The highest BCUT2D eigenvalue weighted by Crippen LogP contribution is 2.13. The number of rotatable bonds is 2. The van der Waals surface area contributed by atoms with Crippen LogP contribution in [0.1, 0.15) is 20.3 Å². The largest absolute Gasteiger partial charge is 0.490 e. The van der Waals surface area contributed by atoms with E-state index in [1.54, 1.807) is 0 Å². The number of carbonyl (C=O) groups is 1. The molecular weight excluding hydrogens is 187 g/mol. The zero-order chi connectivity index (χ0) is 11.1. The zero-order valence-corrected chi connectivity index (χ0v) is 7.56. The van der Waals surface area contributed by atoms with Crippen molar-refractivity contribution >= 4 is 5.97 Å². The molecule has 13 heavy (non-hydrogen) atoms. The lowest BCUT2D eigenvalue weighted by molar-refractivity contribution is -0.192. The third-order valence-corrected chi connectivity index (χ3v) is 0.987. The Kier molecular flexibility index (Phi) is 7.60. The maximum absolute atomic E-state index is 10.6. The molecule has 0 bridgehead atoms. The van der Waals surface area contributed by atoms with Crippen molar-refractivity contribution in [1.29, 1.82) is 0 Å². The number of hydrogen-bond acceptors (Lipinski definition) is 2. The molecule has 0 aromatic heterocycles. The number of hydrogen-bond donors (Lipinski definition) is 2. The molecular formula is C7H14F3NO2. The van der Waals surface area contributed by atoms with Gasteiger partial charge in [-0.05, 0) is 18.9 Å². The summed E-state index contributed by atoms with van der Waals surface area (Å²) in [6, 6.07) is 0. The lowest BCUT2D eigenvalue weighted by atomic mass is 10.1. The second-order valence-corrected chi connectivity index (χ2v) is 2.77. The maximum Gasteiger partial charge on any atom is 0.490 e. The third kappa shape index (κ3) is 14.1. The summed E-state index contributed by atoms with van der Waals surface area (Å²) >= 11 is 0. The normalized spacial score (nSPS) is 10.7. The van der Waals surface area contributed by atoms with Gasteiger partial charge in [-0.1, -0.05) is 13.8 Å². The Morgan fingerprint density at radius 1 is 1.46 bits per heavy atom. The maximum atomic E-state index is 10.6. The minimum Gasteiger partial charge on any atom is -0.475 e. The van der Waals surface area contributed by atoms with Crippen LogP contribution in [0.5, 0.6) is 0 Å². The van der Waals surface area contributed by atoms with Gasteiger partial charge in [0.25, 0.3) is 0 Å². The standard InChI is InChI=1S/C5H13N.C2HF3O2/c1-5(2)3-4-6;3-2(4,5)1(6)7/h5H,3-4,6H2,1-2H3;(H,6,7). The number of carboxylic acids is 1. The molecule has 0 aliphatic heterocycles. The van der Waals surface area contributed by atoms with E-state index in [2.05, 4.69) is 13.8 Å². The summed E-state index contributed by atoms with van der Waals surface area (Å²) in [5, 5.41) is 7.12. The van der Waals surface area contributed by atoms with E-state index in [1.807, 2.05) is 0 Å². The van der Waals surface area contributed by atoms with Crippen molar-refractivity contribution in [3.05, 3.63) is 0 Å². The Hall–Kier alpha value is -0.780. The van der Waals surface area contributed by atoms with Crippen LogP contribution < -0.4 is 5.73 Å². The van der Waals surface area contributed by atoms with E-state index in [9.17, 15) is 13.2 Å². The fraction of sp³-hybridized carbons (Fsp3) is 0.857. The molecule has 0 aliphatic carbocycles. The third-order valence-electron chi connectivity index (χ3n) is 0.987. The predicted molar refractivity (Wildman–Crippen MR) is 42.2 cm³/mol. The Labute approximate surface area is 74.7 Å². The average Bonchev–Trinajstić information content (AvgIpc) is 1.85. The van der Waals surface area contributed by atoms with Gasteiger partial charge in [0, 0.05) is 0 Å². The van der Waals surface area contributed by atoms with Gasteiger partial charge in [-0.15, -0.1) is 0 Å². The number of carboxylic acid groups (broad SMARTS) is 1. The van der Waals surface area contributed by atoms with Crippen LogP contribution in [0, 0.1) is 5.92 Å². The quantitative estimate of drug-likeness (QED) is 0.713. The number of halogens is 3. The second-order valence-electron chi connectivity index (χ2n) is 2.77. The van der Waals surface area contributed by atoms with E-state index in [1.165, 1.54) is 0 Å². The summed E-state index contributed by atoms with van der Waals surface area (Å²) in [6.07, 6.45) is -3.93. The van der Waals surface area contributed by atoms with Gasteiger partial charge in [-0.2, -0.15) is 13.2 Å². The molecule has 80 valence electrons. The molecule has 0 aromatic rings. The highest BCUT2D eigenvalue weighted by atomic mass is 19.4. The first-order chi connectivity index (χ1) is 5.71. The summed E-state index contributed by atoms with van der Waals surface area (Å²) in [5.74, 6) is -1.98. The Bertz CT molecular complexity index is 145. The van der Waals surface area contributed by atoms with Crippen LogP contribution in [0.4, 0.5) is 13.2 Å². The monoisotopic (exact) mass is 201 g/mol. The van der Waals surface area contributed by atoms with Gasteiger partial charge in [0.05, 0.1) is 0 Å². The summed E-state index contributed by atoms with van der Waals surface area (Å²) < 4.78 is 31.7. The van der Waals surface area contributed by atoms with Crippen LogP contribution in [0.3, 0.4) is 0 Å². The SMILES string of the molecule is CC(C)CCN.O=C(O)C(F)(F)F. The second kappa shape index (κ2) is 6.71. The zero-order valence-electron chi connectivity index (χ0n) is 7.56. The minimum atomic E-state index is -5.08. The molecule has 0 fully saturated rings. The van der Waals surface area contributed by atoms with Gasteiger partial charge in [0.1, 0.15) is 0 Å². The molecule has 0 unspecified atom stereocenters. The van der Waals surface area contributed by atoms with E-state index < -0.39 is 12.1 Å². The van der Waals surface area contributed by atoms with Crippen molar-refractivity contribution in [3.8, 4) is 0 Å². The van der Waals surface area contributed by atoms with E-state index in [0.717, 1.165) is 18.9 Å². The Balaban J connectivity index is 0. The van der Waals surface area contributed by atoms with E-state index in [0.29, 0.717) is 0 Å². The van der Waals surface area contributed by atoms with Crippen molar-refractivity contribution in [2.75, 3.05) is 6.54 Å². The molecule has 0 atom stereocenters. The molecule has 0 saturated heterocycles. The van der Waals surface area contributed by atoms with Crippen molar-refractivity contribution in [3.63, 3.8) is 0 Å². The van der Waals surface area contributed by atoms with Crippen LogP contribution in [0.25, 0.3) is 0 Å². The summed E-state index contributed by atoms with van der Waals surface area (Å²) in [7, 11) is 0. The Morgan fingerprint density at radius 2 is 1.77 bits per heavy atom. The molecule has 0 saturated carbocycles. The molecule has 3 N–H and O–H groups in total. The van der Waals surface area contributed by atoms with Crippen LogP contribution >= 0.6 is 0 Å². The number of alkyl halides is 3. The fourth-order valence-corrected chi connectivity index (χ4v) is 0.333. The van der Waals surface area contributed by atoms with Gasteiger partial charge in [-0.25, -0.2) is 4.79 Å². The summed E-state index contributed by atoms with van der Waals surface area (Å²) in [6.45, 7) is 5.18. The van der Waals surface area contributed by atoms with Crippen molar-refractivity contribution in [2.45, 2.75) is 26.4 Å². The van der Waals surface area contributed by atoms with Crippen LogP contribution in [-0.2, 0) is 4.79 Å². The molecule has 0 radical (unpaired) electrons. The van der Waals surface area contributed by atoms with Crippen LogP contribution in [0.2, 0.25) is 0 Å². The molecule has 0 heterocycles. The van der Waals surface area contributed by atoms with Gasteiger partial charge in [0.15, 0.2) is 0 Å². The van der Waals surface area contributed by atoms with Gasteiger partial charge < -0.3 is 10.8 Å². The molecule has 0 rings (SSSR count). The predicted octanol–water partition coefficient (Wildman–Crippen LogP) is 1.62. The number of aliphatic carboxylic acids is 1. The summed E-state index contributed by atoms with van der Waals surface area (Å²) in [5.41, 5.74) is 5.23. The number of nitrogens with two attached hydrogens (primary N) is 1. The molecule has 0 aliphatic rings. The van der Waals surface area contributed by atoms with Gasteiger partial charge >= 0.3 is 12.1 Å². The van der Waals surface area contributed by atoms with Crippen molar-refractivity contribution in [2.24, 2.45) is 11.7 Å². The average molecular weight is 201 g/mol. The minimum absolute atomic E-state index is 0.773. The Morgan fingerprint density at radius 3 is 1.77 bits per heavy atom. The first-order valence-electron chi connectivity index (χ1n) is 3.72. The fourth-order valence-electron chi connectivity index (χ4n) is 0.333. The van der Waals surface area contributed by atoms with E-state index >= 15 is 0 Å². The first-order valence-corrected chi connectivity index (χ1v) is 3.72. The smallest absolute Gasteiger partial charge is 0.475 e. The topological polar surface area (TPSA) is 63.3 Å². The molecule has 0 amide bonds. The highest BCUT2D eigenvalue weighted by molar-refractivity contribution is 5.73. The summed E-state index contributed by atoms with van der Waals surface area (Å²) in [4.78, 5) is 8.90. The van der Waals surface area contributed by atoms with Gasteiger partial charge in [0.2, 0.25) is 0 Å². The molecule has 3 nitrogen and oxygen atoms in total. The van der Waals surface area contributed by atoms with Gasteiger partial charge in [-0.3, -0.25) is 0 Å².